The Morgan fingerprint density at radius 3 is 2.35 bits per heavy atom. The lowest BCUT2D eigenvalue weighted by Gasteiger charge is -2.11. The summed E-state index contributed by atoms with van der Waals surface area (Å²) in [6, 6.07) is 12.0. The van der Waals surface area contributed by atoms with Crippen LogP contribution in [0.3, 0.4) is 0 Å². The predicted octanol–water partition coefficient (Wildman–Crippen LogP) is 4.27. The van der Waals surface area contributed by atoms with Gasteiger partial charge in [-0.05, 0) is 46.9 Å². The van der Waals surface area contributed by atoms with Crippen molar-refractivity contribution in [3.8, 4) is 5.75 Å². The van der Waals surface area contributed by atoms with Crippen LogP contribution in [0.5, 0.6) is 5.75 Å². The van der Waals surface area contributed by atoms with Crippen LogP contribution in [0.15, 0.2) is 48.7 Å². The highest BCUT2D eigenvalue weighted by Crippen LogP contribution is 2.30. The van der Waals surface area contributed by atoms with Gasteiger partial charge in [0.05, 0.1) is 12.7 Å². The van der Waals surface area contributed by atoms with Crippen molar-refractivity contribution in [3.05, 3.63) is 63.6 Å². The van der Waals surface area contributed by atoms with Gasteiger partial charge in [-0.25, -0.2) is 14.6 Å². The number of rotatable bonds is 3. The van der Waals surface area contributed by atoms with Gasteiger partial charge in [-0.3, -0.25) is 4.98 Å². The van der Waals surface area contributed by atoms with E-state index in [9.17, 15) is 9.59 Å². The first kappa shape index (κ1) is 19.8. The van der Waals surface area contributed by atoms with Crippen LogP contribution < -0.4 is 4.74 Å². The number of aromatic nitrogens is 2. The third kappa shape index (κ3) is 4.16. The molecule has 1 aromatic carbocycles. The summed E-state index contributed by atoms with van der Waals surface area (Å²) in [4.78, 5) is 32.9. The second-order valence-corrected chi connectivity index (χ2v) is 5.75. The van der Waals surface area contributed by atoms with Gasteiger partial charge in [-0.1, -0.05) is 32.0 Å². The monoisotopic (exact) mass is 464 g/mol. The summed E-state index contributed by atoms with van der Waals surface area (Å²) >= 11 is 2.00. The Balaban J connectivity index is 0.00000117. The van der Waals surface area contributed by atoms with Gasteiger partial charge < -0.3 is 9.47 Å². The number of methoxy groups -OCH3 is 1. The zero-order chi connectivity index (χ0) is 19.1. The van der Waals surface area contributed by atoms with E-state index in [0.29, 0.717) is 20.2 Å². The van der Waals surface area contributed by atoms with Crippen molar-refractivity contribution in [3.63, 3.8) is 0 Å². The molecule has 7 heteroatoms. The molecule has 0 saturated heterocycles. The summed E-state index contributed by atoms with van der Waals surface area (Å²) in [5.74, 6) is -1.31. The van der Waals surface area contributed by atoms with E-state index in [2.05, 4.69) is 9.97 Å². The summed E-state index contributed by atoms with van der Waals surface area (Å²) in [5, 5.41) is 0.682. The minimum Gasteiger partial charge on any atom is -0.464 e. The normalized spacial score (nSPS) is 9.85. The fourth-order valence-corrected chi connectivity index (χ4v) is 2.81. The lowest BCUT2D eigenvalue weighted by Crippen LogP contribution is -2.15. The lowest BCUT2D eigenvalue weighted by atomic mass is 10.2. The minimum absolute atomic E-state index is 0.00767. The molecule has 0 saturated carbocycles. The van der Waals surface area contributed by atoms with Gasteiger partial charge in [0.15, 0.2) is 11.4 Å². The maximum atomic E-state index is 12.4. The highest BCUT2D eigenvalue weighted by Gasteiger charge is 2.24. The Labute approximate surface area is 164 Å². The molecule has 0 N–H and O–H groups in total. The average molecular weight is 464 g/mol. The average Bonchev–Trinajstić information content (AvgIpc) is 2.71. The van der Waals surface area contributed by atoms with E-state index in [4.69, 9.17) is 9.47 Å². The van der Waals surface area contributed by atoms with Crippen molar-refractivity contribution >= 4 is 45.4 Å². The largest absolute Gasteiger partial charge is 0.464 e. The number of benzene rings is 1. The molecular weight excluding hydrogens is 447 g/mol. The highest BCUT2D eigenvalue weighted by atomic mass is 127. The molecule has 0 bridgehead atoms. The van der Waals surface area contributed by atoms with Crippen LogP contribution in [0.25, 0.3) is 10.9 Å². The molecule has 3 rings (SSSR count). The molecule has 2 aromatic heterocycles. The van der Waals surface area contributed by atoms with Gasteiger partial charge in [0.25, 0.3) is 0 Å². The molecule has 0 aliphatic carbocycles. The number of carbonyl (C=O) groups is 2. The van der Waals surface area contributed by atoms with E-state index in [-0.39, 0.29) is 11.4 Å². The molecule has 6 nitrogen and oxygen atoms in total. The summed E-state index contributed by atoms with van der Waals surface area (Å²) < 4.78 is 10.8. The van der Waals surface area contributed by atoms with Crippen molar-refractivity contribution in [1.29, 1.82) is 0 Å². The first-order chi connectivity index (χ1) is 12.6. The Bertz CT molecular complexity index is 929. The Morgan fingerprint density at radius 1 is 1.00 bits per heavy atom. The lowest BCUT2D eigenvalue weighted by molar-refractivity contribution is 0.0586. The number of pyridine rings is 2. The van der Waals surface area contributed by atoms with Crippen LogP contribution in [-0.4, -0.2) is 29.0 Å². The molecule has 134 valence electrons. The Morgan fingerprint density at radius 2 is 1.69 bits per heavy atom. The highest BCUT2D eigenvalue weighted by molar-refractivity contribution is 14.1. The number of ether oxygens (including phenoxy) is 2. The summed E-state index contributed by atoms with van der Waals surface area (Å²) in [6.45, 7) is 4.00. The smallest absolute Gasteiger partial charge is 0.360 e. The van der Waals surface area contributed by atoms with E-state index < -0.39 is 11.9 Å². The fraction of sp³-hybridized carbons (Fsp3) is 0.158. The third-order valence-electron chi connectivity index (χ3n) is 3.25. The number of nitrogens with zero attached hydrogens (tertiary/aromatic N) is 2. The van der Waals surface area contributed by atoms with Crippen LogP contribution >= 0.6 is 22.6 Å². The molecule has 0 atom stereocenters. The van der Waals surface area contributed by atoms with Crippen LogP contribution in [-0.2, 0) is 4.74 Å². The van der Waals surface area contributed by atoms with Crippen LogP contribution in [0.2, 0.25) is 0 Å². The zero-order valence-corrected chi connectivity index (χ0v) is 16.7. The maximum absolute atomic E-state index is 12.4. The molecule has 0 aliphatic heterocycles. The van der Waals surface area contributed by atoms with Crippen LogP contribution in [0.1, 0.15) is 34.7 Å². The van der Waals surface area contributed by atoms with Crippen LogP contribution in [0, 0.1) is 3.70 Å². The fourth-order valence-electron chi connectivity index (χ4n) is 2.13. The van der Waals surface area contributed by atoms with Gasteiger partial charge in [0.1, 0.15) is 9.22 Å². The van der Waals surface area contributed by atoms with Gasteiger partial charge in [-0.15, -0.1) is 0 Å². The molecule has 0 radical (unpaired) electrons. The Hall–Kier alpha value is -2.55. The molecule has 0 unspecified atom stereocenters. The van der Waals surface area contributed by atoms with Crippen molar-refractivity contribution in [2.45, 2.75) is 13.8 Å². The van der Waals surface area contributed by atoms with E-state index >= 15 is 0 Å². The van der Waals surface area contributed by atoms with Crippen molar-refractivity contribution in [2.75, 3.05) is 7.11 Å². The number of fused-ring (bicyclic) bond motifs is 1. The van der Waals surface area contributed by atoms with E-state index in [1.165, 1.54) is 7.11 Å². The molecule has 3 aromatic rings. The number of hydrogen-bond acceptors (Lipinski definition) is 6. The van der Waals surface area contributed by atoms with Crippen molar-refractivity contribution in [1.82, 2.24) is 9.97 Å². The molecule has 26 heavy (non-hydrogen) atoms. The number of carbonyl (C=O) groups excluding carboxylic acids is 2. The standard InChI is InChI=1S/C17H11IN2O4.C2H6/c1-23-17(22)13-14(24-16(21)10-6-3-2-4-7-10)12-11(15(18)20-13)8-5-9-19-12;1-2/h2-9H,1H3;1-2H3. The van der Waals surface area contributed by atoms with Crippen molar-refractivity contribution in [2.24, 2.45) is 0 Å². The maximum Gasteiger partial charge on any atom is 0.360 e. The van der Waals surface area contributed by atoms with E-state index in [1.807, 2.05) is 36.4 Å². The number of hydrogen-bond donors (Lipinski definition) is 0. The van der Waals surface area contributed by atoms with Gasteiger partial charge in [0, 0.05) is 11.6 Å². The molecular formula is C19H17IN2O4. The third-order valence-corrected chi connectivity index (χ3v) is 4.08. The second kappa shape index (κ2) is 9.23. The topological polar surface area (TPSA) is 78.4 Å². The summed E-state index contributed by atoms with van der Waals surface area (Å²) in [5.41, 5.74) is 0.648. The zero-order valence-electron chi connectivity index (χ0n) is 14.5. The molecule has 0 fully saturated rings. The second-order valence-electron chi connectivity index (χ2n) is 4.73. The quantitative estimate of drug-likeness (QED) is 0.328. The molecule has 0 spiro atoms. The minimum atomic E-state index is -0.698. The number of esters is 2. The van der Waals surface area contributed by atoms with Crippen molar-refractivity contribution < 1.29 is 19.1 Å². The van der Waals surface area contributed by atoms with Gasteiger partial charge >= 0.3 is 11.9 Å². The molecule has 2 heterocycles. The predicted molar refractivity (Wildman–Crippen MR) is 106 cm³/mol. The van der Waals surface area contributed by atoms with E-state index in [0.717, 1.165) is 0 Å². The SMILES string of the molecule is CC.COC(=O)c1nc(I)c2cccnc2c1OC(=O)c1ccccc1. The molecule has 0 aliphatic rings. The molecule has 0 amide bonds. The first-order valence-corrected chi connectivity index (χ1v) is 8.99. The van der Waals surface area contributed by atoms with Gasteiger partial charge in [0.2, 0.25) is 0 Å². The number of halogens is 1. The van der Waals surface area contributed by atoms with Crippen LogP contribution in [0.4, 0.5) is 0 Å². The van der Waals surface area contributed by atoms with E-state index in [1.54, 1.807) is 48.7 Å². The summed E-state index contributed by atoms with van der Waals surface area (Å²) in [7, 11) is 1.24. The Kier molecular flexibility index (Phi) is 7.02. The summed E-state index contributed by atoms with van der Waals surface area (Å²) in [6.07, 6.45) is 1.55. The first-order valence-electron chi connectivity index (χ1n) is 7.91. The van der Waals surface area contributed by atoms with Gasteiger partial charge in [-0.2, -0.15) is 0 Å².